The van der Waals surface area contributed by atoms with Crippen LogP contribution < -0.4 is 0 Å². The zero-order valence-electron chi connectivity index (χ0n) is 8.11. The number of rotatable bonds is 0. The van der Waals surface area contributed by atoms with Crippen molar-refractivity contribution < 1.29 is 9.59 Å². The Morgan fingerprint density at radius 3 is 3.00 bits per heavy atom. The minimum atomic E-state index is 0.0361. The van der Waals surface area contributed by atoms with Crippen LogP contribution in [-0.2, 0) is 9.59 Å². The third-order valence-electron chi connectivity index (χ3n) is 2.30. The van der Waals surface area contributed by atoms with Crippen molar-refractivity contribution in [3.05, 3.63) is 22.8 Å². The van der Waals surface area contributed by atoms with Crippen LogP contribution in [0.15, 0.2) is 22.8 Å². The van der Waals surface area contributed by atoms with Crippen LogP contribution >= 0.6 is 11.8 Å². The molecule has 1 aliphatic carbocycles. The Balaban J connectivity index is 2.38. The van der Waals surface area contributed by atoms with Gasteiger partial charge in [0.1, 0.15) is 0 Å². The number of hydrogen-bond donors (Lipinski definition) is 0. The van der Waals surface area contributed by atoms with Gasteiger partial charge < -0.3 is 0 Å². The highest BCUT2D eigenvalue weighted by atomic mass is 32.2. The summed E-state index contributed by atoms with van der Waals surface area (Å²) >= 11 is 1.57. The molecule has 1 aliphatic heterocycles. The molecular formula is C10H11NO2S. The average Bonchev–Trinajstić information content (AvgIpc) is 2.39. The van der Waals surface area contributed by atoms with Crippen molar-refractivity contribution in [2.45, 2.75) is 25.6 Å². The number of carbonyl (C=O) groups excluding carboxylic acids is 2. The molecule has 0 bridgehead atoms. The van der Waals surface area contributed by atoms with Crippen molar-refractivity contribution >= 4 is 23.5 Å². The molecule has 2 rings (SSSR count). The van der Waals surface area contributed by atoms with Crippen LogP contribution in [0.4, 0.5) is 0 Å². The molecular weight excluding hydrogens is 198 g/mol. The highest BCUT2D eigenvalue weighted by Crippen LogP contribution is 2.43. The normalized spacial score (nSPS) is 25.7. The van der Waals surface area contributed by atoms with Gasteiger partial charge in [0.25, 0.3) is 0 Å². The van der Waals surface area contributed by atoms with Crippen LogP contribution in [0.5, 0.6) is 0 Å². The van der Waals surface area contributed by atoms with Gasteiger partial charge in [-0.05, 0) is 13.0 Å². The van der Waals surface area contributed by atoms with Crippen LogP contribution in [0.3, 0.4) is 0 Å². The van der Waals surface area contributed by atoms with Gasteiger partial charge in [-0.3, -0.25) is 14.5 Å². The van der Waals surface area contributed by atoms with Gasteiger partial charge in [0.15, 0.2) is 5.78 Å². The van der Waals surface area contributed by atoms with E-state index in [1.807, 2.05) is 13.0 Å². The first-order valence-corrected chi connectivity index (χ1v) is 5.39. The summed E-state index contributed by atoms with van der Waals surface area (Å²) < 4.78 is 0. The van der Waals surface area contributed by atoms with E-state index >= 15 is 0 Å². The minimum Gasteiger partial charge on any atom is -0.299 e. The van der Waals surface area contributed by atoms with E-state index in [0.29, 0.717) is 6.42 Å². The zero-order valence-corrected chi connectivity index (χ0v) is 8.93. The van der Waals surface area contributed by atoms with E-state index in [1.165, 1.54) is 0 Å². The molecule has 0 spiro atoms. The number of amides is 1. The van der Waals surface area contributed by atoms with Crippen molar-refractivity contribution in [3.63, 3.8) is 0 Å². The maximum absolute atomic E-state index is 11.4. The van der Waals surface area contributed by atoms with Crippen LogP contribution in [0.25, 0.3) is 0 Å². The summed E-state index contributed by atoms with van der Waals surface area (Å²) in [6.45, 7) is 3.52. The molecule has 4 heteroatoms. The fourth-order valence-corrected chi connectivity index (χ4v) is 2.98. The summed E-state index contributed by atoms with van der Waals surface area (Å²) in [6.07, 6.45) is 3.89. The summed E-state index contributed by atoms with van der Waals surface area (Å²) in [5.41, 5.74) is 0.912. The molecule has 1 heterocycles. The lowest BCUT2D eigenvalue weighted by Gasteiger charge is -2.20. The molecule has 0 aromatic rings. The number of nitrogens with zero attached hydrogens (tertiary/aromatic N) is 1. The first kappa shape index (κ1) is 9.52. The van der Waals surface area contributed by atoms with Gasteiger partial charge in [-0.15, -0.1) is 0 Å². The quantitative estimate of drug-likeness (QED) is 0.609. The molecule has 74 valence electrons. The van der Waals surface area contributed by atoms with Crippen molar-refractivity contribution in [1.29, 1.82) is 0 Å². The van der Waals surface area contributed by atoms with E-state index < -0.39 is 0 Å². The second-order valence-electron chi connectivity index (χ2n) is 3.37. The number of ketones is 1. The Kier molecular flexibility index (Phi) is 2.23. The van der Waals surface area contributed by atoms with Gasteiger partial charge in [-0.2, -0.15) is 0 Å². The van der Waals surface area contributed by atoms with Gasteiger partial charge in [-0.25, -0.2) is 0 Å². The van der Waals surface area contributed by atoms with Gasteiger partial charge in [0, 0.05) is 18.2 Å². The lowest BCUT2D eigenvalue weighted by atomic mass is 10.1. The lowest BCUT2D eigenvalue weighted by molar-refractivity contribution is -0.127. The van der Waals surface area contributed by atoms with E-state index in [9.17, 15) is 9.59 Å². The van der Waals surface area contributed by atoms with Crippen LogP contribution in [0, 0.1) is 0 Å². The number of fused-ring (bicyclic) bond motifs is 1. The summed E-state index contributed by atoms with van der Waals surface area (Å²) in [5, 5.41) is 0.107. The molecule has 3 nitrogen and oxygen atoms in total. The summed E-state index contributed by atoms with van der Waals surface area (Å²) in [6, 6.07) is 0. The maximum Gasteiger partial charge on any atom is 0.224 e. The Morgan fingerprint density at radius 2 is 2.36 bits per heavy atom. The van der Waals surface area contributed by atoms with Crippen molar-refractivity contribution in [2.75, 3.05) is 0 Å². The standard InChI is InChI=1S/C10H11NO2S/c1-6(12)11-7(2)14-10-5-8(13)3-4-9(10)11/h4-5,7H,3H2,1-2H3. The second-order valence-corrected chi connectivity index (χ2v) is 4.73. The molecule has 1 atom stereocenters. The molecule has 1 fully saturated rings. The molecule has 1 unspecified atom stereocenters. The Labute approximate surface area is 86.8 Å². The molecule has 1 saturated heterocycles. The van der Waals surface area contributed by atoms with Gasteiger partial charge >= 0.3 is 0 Å². The number of carbonyl (C=O) groups is 2. The van der Waals surface area contributed by atoms with Gasteiger partial charge in [0.05, 0.1) is 11.1 Å². The maximum atomic E-state index is 11.4. The molecule has 14 heavy (non-hydrogen) atoms. The van der Waals surface area contributed by atoms with E-state index in [0.717, 1.165) is 10.6 Å². The SMILES string of the molecule is CC(=O)N1C2=CCC(=O)C=C2SC1C. The van der Waals surface area contributed by atoms with E-state index in [-0.39, 0.29) is 17.1 Å². The Morgan fingerprint density at radius 1 is 1.64 bits per heavy atom. The van der Waals surface area contributed by atoms with Crippen LogP contribution in [-0.4, -0.2) is 22.0 Å². The summed E-state index contributed by atoms with van der Waals surface area (Å²) in [5.74, 6) is 0.155. The first-order valence-electron chi connectivity index (χ1n) is 4.51. The Bertz CT molecular complexity index is 370. The molecule has 0 aromatic carbocycles. The van der Waals surface area contributed by atoms with Crippen molar-refractivity contribution in [2.24, 2.45) is 0 Å². The molecule has 1 amide bonds. The topological polar surface area (TPSA) is 37.4 Å². The van der Waals surface area contributed by atoms with Crippen LogP contribution in [0.1, 0.15) is 20.3 Å². The zero-order chi connectivity index (χ0) is 10.3. The number of allylic oxidation sites excluding steroid dienone is 2. The number of hydrogen-bond acceptors (Lipinski definition) is 3. The fourth-order valence-electron chi connectivity index (χ4n) is 1.75. The van der Waals surface area contributed by atoms with Gasteiger partial charge in [0.2, 0.25) is 5.91 Å². The Hall–Kier alpha value is -1.03. The third-order valence-corrected chi connectivity index (χ3v) is 3.43. The van der Waals surface area contributed by atoms with Crippen molar-refractivity contribution in [1.82, 2.24) is 4.90 Å². The second kappa shape index (κ2) is 3.28. The smallest absolute Gasteiger partial charge is 0.224 e. The predicted octanol–water partition coefficient (Wildman–Crippen LogP) is 1.67. The minimum absolute atomic E-state index is 0.0361. The third kappa shape index (κ3) is 1.39. The summed E-state index contributed by atoms with van der Waals surface area (Å²) in [4.78, 5) is 25.2. The first-order chi connectivity index (χ1) is 6.59. The van der Waals surface area contributed by atoms with E-state index in [1.54, 1.807) is 29.7 Å². The van der Waals surface area contributed by atoms with Crippen molar-refractivity contribution in [3.8, 4) is 0 Å². The fraction of sp³-hybridized carbons (Fsp3) is 0.400. The molecule has 0 radical (unpaired) electrons. The van der Waals surface area contributed by atoms with E-state index in [2.05, 4.69) is 0 Å². The average molecular weight is 209 g/mol. The van der Waals surface area contributed by atoms with E-state index in [4.69, 9.17) is 0 Å². The number of thioether (sulfide) groups is 1. The monoisotopic (exact) mass is 209 g/mol. The highest BCUT2D eigenvalue weighted by molar-refractivity contribution is 8.04. The lowest BCUT2D eigenvalue weighted by Crippen LogP contribution is -2.29. The van der Waals surface area contributed by atoms with Crippen LogP contribution in [0.2, 0.25) is 0 Å². The van der Waals surface area contributed by atoms with Gasteiger partial charge in [-0.1, -0.05) is 17.8 Å². The molecule has 0 aromatic heterocycles. The highest BCUT2D eigenvalue weighted by Gasteiger charge is 2.34. The predicted molar refractivity (Wildman–Crippen MR) is 55.4 cm³/mol. The molecule has 0 saturated carbocycles. The molecule has 0 N–H and O–H groups in total. The largest absolute Gasteiger partial charge is 0.299 e. The summed E-state index contributed by atoms with van der Waals surface area (Å²) in [7, 11) is 0. The molecule has 2 aliphatic rings.